The summed E-state index contributed by atoms with van der Waals surface area (Å²) >= 11 is 0. The maximum atomic E-state index is 12.5. The minimum absolute atomic E-state index is 0.00985. The van der Waals surface area contributed by atoms with E-state index in [9.17, 15) is 39.2 Å². The van der Waals surface area contributed by atoms with E-state index in [4.69, 9.17) is 19.1 Å². The van der Waals surface area contributed by atoms with E-state index in [1.54, 1.807) is 12.2 Å². The number of unbranched alkanes of at least 4 members (excludes halogenated alkanes) is 10. The Kier molecular flexibility index (Phi) is 26.7. The van der Waals surface area contributed by atoms with Crippen LogP contribution in [0.5, 0.6) is 0 Å². The van der Waals surface area contributed by atoms with Crippen LogP contribution in [0.2, 0.25) is 0 Å². The first-order chi connectivity index (χ1) is 24.8. The highest BCUT2D eigenvalue weighted by molar-refractivity contribution is 7.47. The van der Waals surface area contributed by atoms with Crippen molar-refractivity contribution >= 4 is 25.5 Å². The van der Waals surface area contributed by atoms with E-state index < -0.39 is 76.5 Å². The second-order valence-electron chi connectivity index (χ2n) is 14.6. The Morgan fingerprint density at radius 2 is 1.44 bits per heavy atom. The molecular formula is C38H69O13P. The summed E-state index contributed by atoms with van der Waals surface area (Å²) in [6.45, 7) is 4.19. The van der Waals surface area contributed by atoms with E-state index in [1.807, 2.05) is 0 Å². The topological polar surface area (TPSA) is 206 Å². The standard InChI is InChI=1S/C38H69O13P/c1-4-5-12-18-30(40)22-23-34-33(35(42)24-36(34)43)19-14-10-11-15-20-37(44)48-27-32(28-50-52(46,47)49-26-31(41)25-39)51-38(45)21-16-9-7-6-8-13-17-29(2)3/h22-23,29-35,39-42H,4-21,24-28H2,1-3H3,(H,46,47)/b23-22+/t30-,31-,32+,33+,34+,35-/m0/s1. The highest BCUT2D eigenvalue weighted by Gasteiger charge is 2.39. The normalized spacial score (nSPS) is 20.6. The molecule has 0 amide bonds. The Balaban J connectivity index is 2.49. The van der Waals surface area contributed by atoms with Crippen LogP contribution >= 0.6 is 7.82 Å². The molecule has 1 saturated carbocycles. The molecule has 0 aromatic carbocycles. The molecule has 0 bridgehead atoms. The molecule has 14 heteroatoms. The predicted octanol–water partition coefficient (Wildman–Crippen LogP) is 6.11. The average Bonchev–Trinajstić information content (AvgIpc) is 3.37. The number of hydrogen-bond donors (Lipinski definition) is 5. The number of ether oxygens (including phenoxy) is 2. The van der Waals surface area contributed by atoms with E-state index in [2.05, 4.69) is 25.3 Å². The number of phosphoric ester groups is 1. The third kappa shape index (κ3) is 23.9. The van der Waals surface area contributed by atoms with Crippen molar-refractivity contribution < 1.29 is 62.8 Å². The SMILES string of the molecule is CCCCC[C@H](O)/C=C/[C@H]1C(=O)C[C@H](O)[C@@H]1CCCCCCC(=O)OC[C@H](COP(=O)(O)OC[C@@H](O)CO)OC(=O)CCCCCCCCC(C)C. The number of Topliss-reactive ketones (excluding diaryl/α,β-unsaturated/α-hetero) is 1. The molecule has 0 aromatic rings. The van der Waals surface area contributed by atoms with Crippen LogP contribution in [0.1, 0.15) is 143 Å². The maximum absolute atomic E-state index is 12.5. The fraction of sp³-hybridized carbons (Fsp3) is 0.868. The Bertz CT molecular complexity index is 1050. The lowest BCUT2D eigenvalue weighted by atomic mass is 9.88. The molecule has 1 aliphatic rings. The Morgan fingerprint density at radius 1 is 0.846 bits per heavy atom. The number of aliphatic hydroxyl groups excluding tert-OH is 4. The van der Waals surface area contributed by atoms with Gasteiger partial charge in [-0.05, 0) is 37.5 Å². The summed E-state index contributed by atoms with van der Waals surface area (Å²) in [7, 11) is -4.66. The summed E-state index contributed by atoms with van der Waals surface area (Å²) < 4.78 is 32.5. The first kappa shape index (κ1) is 48.3. The molecule has 0 heterocycles. The first-order valence-corrected chi connectivity index (χ1v) is 21.1. The number of rotatable bonds is 32. The van der Waals surface area contributed by atoms with Crippen LogP contribution in [-0.2, 0) is 37.5 Å². The van der Waals surface area contributed by atoms with Crippen molar-refractivity contribution in [1.82, 2.24) is 0 Å². The molecule has 1 unspecified atom stereocenters. The largest absolute Gasteiger partial charge is 0.472 e. The van der Waals surface area contributed by atoms with Crippen molar-refractivity contribution in [2.45, 2.75) is 167 Å². The summed E-state index contributed by atoms with van der Waals surface area (Å²) in [4.78, 5) is 47.4. The van der Waals surface area contributed by atoms with Crippen LogP contribution in [-0.4, -0.2) is 93.9 Å². The number of aliphatic hydroxyl groups is 4. The number of carbonyl (C=O) groups is 3. The highest BCUT2D eigenvalue weighted by atomic mass is 31.2. The van der Waals surface area contributed by atoms with Gasteiger partial charge in [-0.15, -0.1) is 0 Å². The van der Waals surface area contributed by atoms with Crippen LogP contribution in [0.15, 0.2) is 12.2 Å². The molecule has 0 saturated heterocycles. The summed E-state index contributed by atoms with van der Waals surface area (Å²) in [6.07, 6.45) is 14.2. The van der Waals surface area contributed by atoms with Crippen LogP contribution < -0.4 is 0 Å². The molecule has 5 N–H and O–H groups in total. The zero-order valence-electron chi connectivity index (χ0n) is 31.9. The lowest BCUT2D eigenvalue weighted by Gasteiger charge is -2.20. The monoisotopic (exact) mass is 764 g/mol. The van der Waals surface area contributed by atoms with Gasteiger partial charge in [0, 0.05) is 25.2 Å². The van der Waals surface area contributed by atoms with Crippen molar-refractivity contribution in [3.8, 4) is 0 Å². The number of carbonyl (C=O) groups excluding carboxylic acids is 3. The molecule has 1 fully saturated rings. The number of ketones is 1. The quantitative estimate of drug-likeness (QED) is 0.0227. The minimum Gasteiger partial charge on any atom is -0.462 e. The molecule has 52 heavy (non-hydrogen) atoms. The number of allylic oxidation sites excluding steroid dienone is 1. The van der Waals surface area contributed by atoms with Crippen LogP contribution in [0, 0.1) is 17.8 Å². The van der Waals surface area contributed by atoms with Crippen molar-refractivity contribution in [2.75, 3.05) is 26.4 Å². The molecular weight excluding hydrogens is 695 g/mol. The summed E-state index contributed by atoms with van der Waals surface area (Å²) in [5.74, 6) is -1.01. The van der Waals surface area contributed by atoms with Gasteiger partial charge in [-0.25, -0.2) is 4.57 Å². The van der Waals surface area contributed by atoms with Gasteiger partial charge in [-0.3, -0.25) is 23.4 Å². The third-order valence-corrected chi connectivity index (χ3v) is 10.2. The summed E-state index contributed by atoms with van der Waals surface area (Å²) in [5.41, 5.74) is 0. The van der Waals surface area contributed by atoms with E-state index in [0.717, 1.165) is 57.8 Å². The Labute approximate surface area is 311 Å². The predicted molar refractivity (Wildman–Crippen MR) is 197 cm³/mol. The van der Waals surface area contributed by atoms with Crippen molar-refractivity contribution in [1.29, 1.82) is 0 Å². The van der Waals surface area contributed by atoms with Gasteiger partial charge in [0.1, 0.15) is 18.5 Å². The van der Waals surface area contributed by atoms with Gasteiger partial charge < -0.3 is 34.8 Å². The number of hydrogen-bond acceptors (Lipinski definition) is 12. The van der Waals surface area contributed by atoms with Crippen LogP contribution in [0.25, 0.3) is 0 Å². The molecule has 0 aromatic heterocycles. The molecule has 7 atom stereocenters. The van der Waals surface area contributed by atoms with Gasteiger partial charge in [0.25, 0.3) is 0 Å². The van der Waals surface area contributed by atoms with Gasteiger partial charge in [0.15, 0.2) is 6.10 Å². The van der Waals surface area contributed by atoms with Gasteiger partial charge in [0.05, 0.1) is 32.0 Å². The van der Waals surface area contributed by atoms with E-state index in [-0.39, 0.29) is 31.0 Å². The fourth-order valence-corrected chi connectivity index (χ4v) is 6.93. The Morgan fingerprint density at radius 3 is 2.10 bits per heavy atom. The van der Waals surface area contributed by atoms with Crippen molar-refractivity contribution in [3.05, 3.63) is 12.2 Å². The average molecular weight is 765 g/mol. The second-order valence-corrected chi connectivity index (χ2v) is 16.0. The van der Waals surface area contributed by atoms with Crippen LogP contribution in [0.4, 0.5) is 0 Å². The third-order valence-electron chi connectivity index (χ3n) is 9.26. The van der Waals surface area contributed by atoms with Crippen molar-refractivity contribution in [2.24, 2.45) is 17.8 Å². The molecule has 0 radical (unpaired) electrons. The van der Waals surface area contributed by atoms with Gasteiger partial charge >= 0.3 is 19.8 Å². The van der Waals surface area contributed by atoms with Gasteiger partial charge in [0.2, 0.25) is 0 Å². The highest BCUT2D eigenvalue weighted by Crippen LogP contribution is 2.43. The Hall–Kier alpha value is -1.70. The second kappa shape index (κ2) is 28.7. The van der Waals surface area contributed by atoms with E-state index in [0.29, 0.717) is 38.0 Å². The molecule has 0 aliphatic heterocycles. The molecule has 1 rings (SSSR count). The zero-order chi connectivity index (χ0) is 38.8. The van der Waals surface area contributed by atoms with Gasteiger partial charge in [-0.1, -0.05) is 110 Å². The molecule has 1 aliphatic carbocycles. The molecule has 13 nitrogen and oxygen atoms in total. The van der Waals surface area contributed by atoms with E-state index >= 15 is 0 Å². The fourth-order valence-electron chi connectivity index (χ4n) is 6.14. The van der Waals surface area contributed by atoms with E-state index in [1.165, 1.54) is 12.8 Å². The zero-order valence-corrected chi connectivity index (χ0v) is 32.8. The molecule has 304 valence electrons. The smallest absolute Gasteiger partial charge is 0.462 e. The lowest BCUT2D eigenvalue weighted by Crippen LogP contribution is -2.29. The number of phosphoric acid groups is 1. The minimum atomic E-state index is -4.66. The lowest BCUT2D eigenvalue weighted by molar-refractivity contribution is -0.161. The molecule has 0 spiro atoms. The van der Waals surface area contributed by atoms with Crippen LogP contribution in [0.3, 0.4) is 0 Å². The summed E-state index contributed by atoms with van der Waals surface area (Å²) in [5, 5.41) is 39.0. The number of esters is 2. The van der Waals surface area contributed by atoms with Gasteiger partial charge in [-0.2, -0.15) is 0 Å². The van der Waals surface area contributed by atoms with Crippen molar-refractivity contribution in [3.63, 3.8) is 0 Å². The first-order valence-electron chi connectivity index (χ1n) is 19.6. The maximum Gasteiger partial charge on any atom is 0.472 e. The summed E-state index contributed by atoms with van der Waals surface area (Å²) in [6, 6.07) is 0.